The fourth-order valence-electron chi connectivity index (χ4n) is 3.76. The first-order chi connectivity index (χ1) is 14.5. The number of rotatable bonds is 4. The van der Waals surface area contributed by atoms with Crippen LogP contribution in [0.3, 0.4) is 0 Å². The van der Waals surface area contributed by atoms with Crippen molar-refractivity contribution in [1.29, 1.82) is 10.5 Å². The fourth-order valence-corrected chi connectivity index (χ4v) is 3.76. The van der Waals surface area contributed by atoms with E-state index in [1.165, 1.54) is 0 Å². The molecular weight excluding hydrogens is 378 g/mol. The molecule has 0 fully saturated rings. The number of dihydropyridines is 1. The van der Waals surface area contributed by atoms with Crippen molar-refractivity contribution in [2.24, 2.45) is 0 Å². The maximum atomic E-state index is 11.1. The van der Waals surface area contributed by atoms with Gasteiger partial charge in [0.2, 0.25) is 0 Å². The average Bonchev–Trinajstić information content (AvgIpc) is 3.21. The molecule has 0 radical (unpaired) electrons. The Morgan fingerprint density at radius 3 is 2.53 bits per heavy atom. The van der Waals surface area contributed by atoms with Crippen molar-refractivity contribution in [3.05, 3.63) is 87.9 Å². The maximum Gasteiger partial charge on any atom is 0.335 e. The monoisotopic (exact) mass is 395 g/mol. The van der Waals surface area contributed by atoms with Crippen LogP contribution in [0.1, 0.15) is 34.3 Å². The molecule has 30 heavy (non-hydrogen) atoms. The summed E-state index contributed by atoms with van der Waals surface area (Å²) in [5.74, 6) is -1.46. The minimum atomic E-state index is -0.985. The highest BCUT2D eigenvalue weighted by Gasteiger charge is 2.31. The number of allylic oxidation sites excluding steroid dienone is 4. The Hall–Kier alpha value is -4.36. The SMILES string of the molecule is CC1=C(C#N)C(c2ccc3[nH]ncc3c2)C(C#N)=C(Cc2ccc(C(=O)O)cc2)N1. The van der Waals surface area contributed by atoms with E-state index in [1.807, 2.05) is 25.1 Å². The van der Waals surface area contributed by atoms with Crippen LogP contribution in [0.2, 0.25) is 0 Å². The van der Waals surface area contributed by atoms with Gasteiger partial charge >= 0.3 is 5.97 Å². The summed E-state index contributed by atoms with van der Waals surface area (Å²) < 4.78 is 0. The van der Waals surface area contributed by atoms with Crippen LogP contribution >= 0.6 is 0 Å². The molecule has 4 rings (SSSR count). The van der Waals surface area contributed by atoms with Gasteiger partial charge in [0.25, 0.3) is 0 Å². The molecule has 0 saturated carbocycles. The Morgan fingerprint density at radius 1 is 1.13 bits per heavy atom. The minimum absolute atomic E-state index is 0.207. The van der Waals surface area contributed by atoms with E-state index in [1.54, 1.807) is 30.5 Å². The summed E-state index contributed by atoms with van der Waals surface area (Å²) in [6, 6.07) is 16.8. The zero-order valence-corrected chi connectivity index (χ0v) is 16.1. The molecule has 1 atom stereocenters. The van der Waals surface area contributed by atoms with E-state index in [0.717, 1.165) is 22.0 Å². The number of carboxylic acids is 1. The number of fused-ring (bicyclic) bond motifs is 1. The summed E-state index contributed by atoms with van der Waals surface area (Å²) in [7, 11) is 0. The Labute approximate surface area is 172 Å². The van der Waals surface area contributed by atoms with Crippen LogP contribution in [-0.2, 0) is 6.42 Å². The van der Waals surface area contributed by atoms with Gasteiger partial charge in [0, 0.05) is 23.2 Å². The van der Waals surface area contributed by atoms with Gasteiger partial charge in [-0.05, 0) is 42.3 Å². The van der Waals surface area contributed by atoms with Crippen LogP contribution in [-0.4, -0.2) is 21.3 Å². The smallest absolute Gasteiger partial charge is 0.335 e. The highest BCUT2D eigenvalue weighted by atomic mass is 16.4. The Morgan fingerprint density at radius 2 is 1.87 bits per heavy atom. The number of carbonyl (C=O) groups is 1. The van der Waals surface area contributed by atoms with Gasteiger partial charge in [-0.25, -0.2) is 4.79 Å². The van der Waals surface area contributed by atoms with Gasteiger partial charge in [-0.3, -0.25) is 5.10 Å². The van der Waals surface area contributed by atoms with Crippen molar-refractivity contribution in [2.45, 2.75) is 19.3 Å². The lowest BCUT2D eigenvalue weighted by Gasteiger charge is -2.28. The summed E-state index contributed by atoms with van der Waals surface area (Å²) in [6.45, 7) is 1.82. The van der Waals surface area contributed by atoms with Crippen LogP contribution in [0.4, 0.5) is 0 Å². The van der Waals surface area contributed by atoms with Crippen LogP contribution in [0.25, 0.3) is 10.9 Å². The van der Waals surface area contributed by atoms with E-state index >= 15 is 0 Å². The van der Waals surface area contributed by atoms with Crippen LogP contribution in [0.15, 0.2) is 71.2 Å². The second-order valence-corrected chi connectivity index (χ2v) is 7.11. The zero-order valence-electron chi connectivity index (χ0n) is 16.1. The average molecular weight is 395 g/mol. The molecule has 1 unspecified atom stereocenters. The maximum absolute atomic E-state index is 11.1. The molecule has 0 spiro atoms. The molecular formula is C23H17N5O2. The number of nitrogens with zero attached hydrogens (tertiary/aromatic N) is 3. The van der Waals surface area contributed by atoms with Gasteiger partial charge in [-0.1, -0.05) is 18.2 Å². The molecule has 0 amide bonds. The van der Waals surface area contributed by atoms with Gasteiger partial charge in [0.05, 0.1) is 46.5 Å². The summed E-state index contributed by atoms with van der Waals surface area (Å²) >= 11 is 0. The van der Waals surface area contributed by atoms with Crippen molar-refractivity contribution in [3.63, 3.8) is 0 Å². The van der Waals surface area contributed by atoms with Gasteiger partial charge in [-0.15, -0.1) is 0 Å². The highest BCUT2D eigenvalue weighted by molar-refractivity contribution is 5.87. The van der Waals surface area contributed by atoms with Gasteiger partial charge < -0.3 is 10.4 Å². The number of benzene rings is 2. The third-order valence-corrected chi connectivity index (χ3v) is 5.27. The number of carboxylic acid groups (broad SMARTS) is 1. The largest absolute Gasteiger partial charge is 0.478 e. The second-order valence-electron chi connectivity index (χ2n) is 7.11. The number of hydrogen-bond donors (Lipinski definition) is 3. The molecule has 146 valence electrons. The molecule has 1 aliphatic heterocycles. The predicted octanol–water partition coefficient (Wildman–Crippen LogP) is 3.77. The number of hydrogen-bond acceptors (Lipinski definition) is 5. The molecule has 7 heteroatoms. The van der Waals surface area contributed by atoms with Crippen molar-refractivity contribution in [1.82, 2.24) is 15.5 Å². The summed E-state index contributed by atoms with van der Waals surface area (Å²) in [5, 5.41) is 39.9. The molecule has 3 aromatic rings. The number of aromatic carboxylic acids is 1. The molecule has 0 aliphatic carbocycles. The van der Waals surface area contributed by atoms with E-state index < -0.39 is 11.9 Å². The predicted molar refractivity (Wildman–Crippen MR) is 110 cm³/mol. The van der Waals surface area contributed by atoms with Crippen LogP contribution < -0.4 is 5.32 Å². The second kappa shape index (κ2) is 7.57. The number of aromatic amines is 1. The van der Waals surface area contributed by atoms with Crippen LogP contribution in [0, 0.1) is 22.7 Å². The quantitative estimate of drug-likeness (QED) is 0.617. The van der Waals surface area contributed by atoms with E-state index in [-0.39, 0.29) is 5.56 Å². The third-order valence-electron chi connectivity index (χ3n) is 5.27. The Kier molecular flexibility index (Phi) is 4.79. The molecule has 2 heterocycles. The number of H-pyrrole nitrogens is 1. The minimum Gasteiger partial charge on any atom is -0.478 e. The Balaban J connectivity index is 1.78. The number of nitrogens with one attached hydrogen (secondary N) is 2. The van der Waals surface area contributed by atoms with E-state index in [2.05, 4.69) is 27.7 Å². The summed E-state index contributed by atoms with van der Waals surface area (Å²) in [5.41, 5.74) is 5.18. The topological polar surface area (TPSA) is 126 Å². The normalized spacial score (nSPS) is 16.2. The molecule has 3 N–H and O–H groups in total. The molecule has 0 bridgehead atoms. The van der Waals surface area contributed by atoms with Gasteiger partial charge in [0.1, 0.15) is 0 Å². The zero-order chi connectivity index (χ0) is 21.3. The lowest BCUT2D eigenvalue weighted by Crippen LogP contribution is -2.26. The molecule has 7 nitrogen and oxygen atoms in total. The lowest BCUT2D eigenvalue weighted by atomic mass is 9.80. The van der Waals surface area contributed by atoms with Crippen molar-refractivity contribution >= 4 is 16.9 Å². The van der Waals surface area contributed by atoms with Gasteiger partial charge in [0.15, 0.2) is 0 Å². The Bertz CT molecular complexity index is 1300. The third kappa shape index (κ3) is 3.30. The lowest BCUT2D eigenvalue weighted by molar-refractivity contribution is 0.0697. The van der Waals surface area contributed by atoms with E-state index in [4.69, 9.17) is 5.11 Å². The molecule has 0 saturated heterocycles. The first-order valence-corrected chi connectivity index (χ1v) is 9.28. The van der Waals surface area contributed by atoms with E-state index in [0.29, 0.717) is 29.0 Å². The first kappa shape index (κ1) is 19.0. The standard InChI is InChI=1S/C23H17N5O2/c1-13-18(10-24)22(16-6-7-20-17(9-16)12-26-28-20)19(11-25)21(27-13)8-14-2-4-15(5-3-14)23(29)30/h2-7,9,12,22,27H,8H2,1H3,(H,26,28)(H,29,30). The molecule has 2 aromatic carbocycles. The van der Waals surface area contributed by atoms with Crippen LogP contribution in [0.5, 0.6) is 0 Å². The van der Waals surface area contributed by atoms with Gasteiger partial charge in [-0.2, -0.15) is 15.6 Å². The molecule has 1 aliphatic rings. The van der Waals surface area contributed by atoms with E-state index in [9.17, 15) is 15.3 Å². The van der Waals surface area contributed by atoms with Crippen molar-refractivity contribution in [2.75, 3.05) is 0 Å². The fraction of sp³-hybridized carbons (Fsp3) is 0.130. The number of nitriles is 2. The van der Waals surface area contributed by atoms with Crippen molar-refractivity contribution < 1.29 is 9.90 Å². The summed E-state index contributed by atoms with van der Waals surface area (Å²) in [4.78, 5) is 11.1. The number of aromatic nitrogens is 2. The summed E-state index contributed by atoms with van der Waals surface area (Å²) in [6.07, 6.45) is 2.13. The van der Waals surface area contributed by atoms with Crippen molar-refractivity contribution in [3.8, 4) is 12.1 Å². The first-order valence-electron chi connectivity index (χ1n) is 9.28. The molecule has 1 aromatic heterocycles. The highest BCUT2D eigenvalue weighted by Crippen LogP contribution is 2.38.